The molecule has 2 N–H and O–H groups in total. The lowest BCUT2D eigenvalue weighted by Gasteiger charge is -2.24. The number of halogens is 1. The van der Waals surface area contributed by atoms with E-state index in [9.17, 15) is 9.59 Å². The van der Waals surface area contributed by atoms with Crippen LogP contribution in [0.5, 0.6) is 0 Å². The normalized spacial score (nSPS) is 17.5. The van der Waals surface area contributed by atoms with Crippen LogP contribution in [0.2, 0.25) is 0 Å². The number of piperidine rings is 1. The van der Waals surface area contributed by atoms with E-state index in [1.54, 1.807) is 0 Å². The molecule has 1 atom stereocenters. The van der Waals surface area contributed by atoms with Gasteiger partial charge in [0, 0.05) is 38.5 Å². The second-order valence-electron chi connectivity index (χ2n) is 5.85. The van der Waals surface area contributed by atoms with E-state index < -0.39 is 0 Å². The zero-order valence-electron chi connectivity index (χ0n) is 14.0. The van der Waals surface area contributed by atoms with Gasteiger partial charge in [-0.05, 0) is 38.6 Å². The maximum atomic E-state index is 12.1. The predicted octanol–water partition coefficient (Wildman–Crippen LogP) is 2.10. The van der Waals surface area contributed by atoms with Gasteiger partial charge >= 0.3 is 0 Å². The van der Waals surface area contributed by atoms with Gasteiger partial charge in [-0.15, -0.1) is 12.4 Å². The molecule has 1 saturated heterocycles. The quantitative estimate of drug-likeness (QED) is 0.679. The molecule has 1 heterocycles. The molecule has 1 aliphatic rings. The molecule has 0 saturated carbocycles. The van der Waals surface area contributed by atoms with Gasteiger partial charge in [-0.1, -0.05) is 13.8 Å². The SMILES string of the molecule is CCCN(CCC)C(=O)CCCC(=O)NC1CCCNC1.Cl. The molecule has 22 heavy (non-hydrogen) atoms. The molecule has 0 spiro atoms. The summed E-state index contributed by atoms with van der Waals surface area (Å²) in [6.07, 6.45) is 5.73. The Bertz CT molecular complexity index is 315. The molecule has 0 aromatic rings. The molecular formula is C16H32ClN3O2. The van der Waals surface area contributed by atoms with Crippen LogP contribution in [0.3, 0.4) is 0 Å². The Morgan fingerprint density at radius 1 is 1.18 bits per heavy atom. The molecule has 1 aliphatic heterocycles. The highest BCUT2D eigenvalue weighted by Crippen LogP contribution is 2.05. The minimum absolute atomic E-state index is 0. The predicted molar refractivity (Wildman–Crippen MR) is 92.3 cm³/mol. The van der Waals surface area contributed by atoms with Crippen molar-refractivity contribution >= 4 is 24.2 Å². The van der Waals surface area contributed by atoms with Gasteiger partial charge in [0.2, 0.25) is 11.8 Å². The monoisotopic (exact) mass is 333 g/mol. The molecule has 0 aromatic carbocycles. The zero-order valence-corrected chi connectivity index (χ0v) is 14.8. The van der Waals surface area contributed by atoms with Crippen molar-refractivity contribution in [2.45, 2.75) is 64.8 Å². The minimum atomic E-state index is 0. The van der Waals surface area contributed by atoms with Gasteiger partial charge in [-0.25, -0.2) is 0 Å². The average molecular weight is 334 g/mol. The summed E-state index contributed by atoms with van der Waals surface area (Å²) in [5.41, 5.74) is 0. The third-order valence-corrected chi connectivity index (χ3v) is 3.80. The first-order valence-electron chi connectivity index (χ1n) is 8.45. The summed E-state index contributed by atoms with van der Waals surface area (Å²) in [7, 11) is 0. The molecule has 130 valence electrons. The molecular weight excluding hydrogens is 302 g/mol. The molecule has 6 heteroatoms. The second kappa shape index (κ2) is 12.7. The van der Waals surface area contributed by atoms with Crippen molar-refractivity contribution in [3.8, 4) is 0 Å². The third kappa shape index (κ3) is 8.59. The van der Waals surface area contributed by atoms with Gasteiger partial charge in [-0.3, -0.25) is 9.59 Å². The van der Waals surface area contributed by atoms with Crippen molar-refractivity contribution in [3.05, 3.63) is 0 Å². The third-order valence-electron chi connectivity index (χ3n) is 3.80. The van der Waals surface area contributed by atoms with E-state index in [1.165, 1.54) is 0 Å². The number of carbonyl (C=O) groups excluding carboxylic acids is 2. The Hall–Kier alpha value is -0.810. The summed E-state index contributed by atoms with van der Waals surface area (Å²) in [6.45, 7) is 7.74. The standard InChI is InChI=1S/C16H31N3O2.ClH/c1-3-11-19(12-4-2)16(21)9-5-8-15(20)18-14-7-6-10-17-13-14;/h14,17H,3-13H2,1-2H3,(H,18,20);1H. The van der Waals surface area contributed by atoms with E-state index in [0.29, 0.717) is 19.3 Å². The first-order chi connectivity index (χ1) is 10.2. The lowest BCUT2D eigenvalue weighted by atomic mass is 10.1. The Morgan fingerprint density at radius 3 is 2.41 bits per heavy atom. The van der Waals surface area contributed by atoms with Gasteiger partial charge in [-0.2, -0.15) is 0 Å². The first-order valence-corrected chi connectivity index (χ1v) is 8.45. The Kier molecular flexibility index (Phi) is 12.2. The molecule has 0 bridgehead atoms. The van der Waals surface area contributed by atoms with E-state index in [4.69, 9.17) is 0 Å². The van der Waals surface area contributed by atoms with Gasteiger partial charge in [0.25, 0.3) is 0 Å². The molecule has 1 fully saturated rings. The molecule has 2 amide bonds. The van der Waals surface area contributed by atoms with Gasteiger partial charge in [0.05, 0.1) is 0 Å². The summed E-state index contributed by atoms with van der Waals surface area (Å²) in [5.74, 6) is 0.264. The number of hydrogen-bond acceptors (Lipinski definition) is 3. The summed E-state index contributed by atoms with van der Waals surface area (Å²) in [6, 6.07) is 0.263. The first kappa shape index (κ1) is 21.2. The Labute approximate surface area is 141 Å². The van der Waals surface area contributed by atoms with Crippen LogP contribution in [0.25, 0.3) is 0 Å². The molecule has 1 rings (SSSR count). The largest absolute Gasteiger partial charge is 0.352 e. The van der Waals surface area contributed by atoms with Crippen molar-refractivity contribution in [3.63, 3.8) is 0 Å². The smallest absolute Gasteiger partial charge is 0.222 e. The number of rotatable bonds is 9. The highest BCUT2D eigenvalue weighted by molar-refractivity contribution is 5.85. The van der Waals surface area contributed by atoms with Crippen LogP contribution in [-0.4, -0.2) is 48.9 Å². The molecule has 0 radical (unpaired) electrons. The number of carbonyl (C=O) groups is 2. The highest BCUT2D eigenvalue weighted by Gasteiger charge is 2.16. The summed E-state index contributed by atoms with van der Waals surface area (Å²) < 4.78 is 0. The second-order valence-corrected chi connectivity index (χ2v) is 5.85. The number of nitrogens with one attached hydrogen (secondary N) is 2. The number of nitrogens with zero attached hydrogens (tertiary/aromatic N) is 1. The lowest BCUT2D eigenvalue weighted by molar-refractivity contribution is -0.131. The van der Waals surface area contributed by atoms with E-state index in [-0.39, 0.29) is 30.3 Å². The van der Waals surface area contributed by atoms with Crippen LogP contribution in [0, 0.1) is 0 Å². The van der Waals surface area contributed by atoms with E-state index in [1.807, 2.05) is 4.90 Å². The van der Waals surface area contributed by atoms with Crippen LogP contribution in [0.1, 0.15) is 58.8 Å². The number of hydrogen-bond donors (Lipinski definition) is 2. The van der Waals surface area contributed by atoms with Crippen LogP contribution in [0.4, 0.5) is 0 Å². The summed E-state index contributed by atoms with van der Waals surface area (Å²) in [4.78, 5) is 25.8. The Balaban J connectivity index is 0.00000441. The lowest BCUT2D eigenvalue weighted by Crippen LogP contribution is -2.45. The fourth-order valence-corrected chi connectivity index (χ4v) is 2.73. The van der Waals surface area contributed by atoms with Crippen LogP contribution >= 0.6 is 12.4 Å². The van der Waals surface area contributed by atoms with Crippen molar-refractivity contribution in [2.24, 2.45) is 0 Å². The topological polar surface area (TPSA) is 61.4 Å². The van der Waals surface area contributed by atoms with E-state index in [2.05, 4.69) is 24.5 Å². The highest BCUT2D eigenvalue weighted by atomic mass is 35.5. The summed E-state index contributed by atoms with van der Waals surface area (Å²) in [5, 5.41) is 6.33. The van der Waals surface area contributed by atoms with Crippen LogP contribution in [-0.2, 0) is 9.59 Å². The van der Waals surface area contributed by atoms with Crippen LogP contribution in [0.15, 0.2) is 0 Å². The maximum Gasteiger partial charge on any atom is 0.222 e. The maximum absolute atomic E-state index is 12.1. The average Bonchev–Trinajstić information content (AvgIpc) is 2.48. The van der Waals surface area contributed by atoms with Gasteiger partial charge in [0.1, 0.15) is 0 Å². The van der Waals surface area contributed by atoms with Crippen molar-refractivity contribution in [1.82, 2.24) is 15.5 Å². The fourth-order valence-electron chi connectivity index (χ4n) is 2.73. The van der Waals surface area contributed by atoms with Crippen LogP contribution < -0.4 is 10.6 Å². The van der Waals surface area contributed by atoms with Crippen molar-refractivity contribution in [1.29, 1.82) is 0 Å². The fraction of sp³-hybridized carbons (Fsp3) is 0.875. The summed E-state index contributed by atoms with van der Waals surface area (Å²) >= 11 is 0. The number of amides is 2. The van der Waals surface area contributed by atoms with E-state index in [0.717, 1.165) is 51.9 Å². The Morgan fingerprint density at radius 2 is 1.86 bits per heavy atom. The molecule has 5 nitrogen and oxygen atoms in total. The molecule has 0 aliphatic carbocycles. The zero-order chi connectivity index (χ0) is 15.5. The molecule has 0 aromatic heterocycles. The van der Waals surface area contributed by atoms with E-state index >= 15 is 0 Å². The van der Waals surface area contributed by atoms with Crippen molar-refractivity contribution < 1.29 is 9.59 Å². The van der Waals surface area contributed by atoms with Gasteiger partial charge in [0.15, 0.2) is 0 Å². The molecule has 1 unspecified atom stereocenters. The van der Waals surface area contributed by atoms with Crippen molar-refractivity contribution in [2.75, 3.05) is 26.2 Å². The van der Waals surface area contributed by atoms with Gasteiger partial charge < -0.3 is 15.5 Å². The minimum Gasteiger partial charge on any atom is -0.352 e.